The molecule has 1 unspecified atom stereocenters. The van der Waals surface area contributed by atoms with Crippen molar-refractivity contribution >= 4 is 12.1 Å². The lowest BCUT2D eigenvalue weighted by Gasteiger charge is -2.32. The van der Waals surface area contributed by atoms with Gasteiger partial charge in [0.05, 0.1) is 5.92 Å². The van der Waals surface area contributed by atoms with Crippen LogP contribution in [0.25, 0.3) is 0 Å². The van der Waals surface area contributed by atoms with Crippen LogP contribution >= 0.6 is 0 Å². The zero-order valence-electron chi connectivity index (χ0n) is 14.5. The fourth-order valence-corrected chi connectivity index (χ4v) is 2.07. The van der Waals surface area contributed by atoms with Gasteiger partial charge in [-0.25, -0.2) is 13.6 Å². The molecule has 24 heavy (non-hydrogen) atoms. The van der Waals surface area contributed by atoms with Crippen molar-refractivity contribution in [3.63, 3.8) is 0 Å². The Balaban J connectivity index is 3.08. The van der Waals surface area contributed by atoms with Crippen LogP contribution in [0.2, 0.25) is 0 Å². The molecule has 0 aliphatic rings. The maximum atomic E-state index is 13.4. The van der Waals surface area contributed by atoms with Crippen LogP contribution in [0.4, 0.5) is 13.6 Å². The third-order valence-electron chi connectivity index (χ3n) is 3.27. The van der Waals surface area contributed by atoms with Crippen molar-refractivity contribution in [2.45, 2.75) is 52.2 Å². The smallest absolute Gasteiger partial charge is 0.410 e. The van der Waals surface area contributed by atoms with Crippen molar-refractivity contribution in [2.24, 2.45) is 0 Å². The Labute approximate surface area is 140 Å². The Morgan fingerprint density at radius 2 is 1.79 bits per heavy atom. The molecule has 0 saturated heterocycles. The topological polar surface area (TPSA) is 66.8 Å². The average molecular weight is 343 g/mol. The van der Waals surface area contributed by atoms with Gasteiger partial charge in [-0.05, 0) is 52.3 Å². The predicted molar refractivity (Wildman–Crippen MR) is 84.8 cm³/mol. The van der Waals surface area contributed by atoms with Crippen molar-refractivity contribution in [3.8, 4) is 0 Å². The number of hydrogen-bond donors (Lipinski definition) is 1. The first-order chi connectivity index (χ1) is 10.9. The Morgan fingerprint density at radius 1 is 1.21 bits per heavy atom. The van der Waals surface area contributed by atoms with E-state index in [-0.39, 0.29) is 18.2 Å². The second-order valence-corrected chi connectivity index (χ2v) is 6.79. The molecule has 134 valence electrons. The van der Waals surface area contributed by atoms with Crippen molar-refractivity contribution < 1.29 is 28.2 Å². The van der Waals surface area contributed by atoms with E-state index in [9.17, 15) is 23.5 Å². The van der Waals surface area contributed by atoms with Gasteiger partial charge >= 0.3 is 12.1 Å². The van der Waals surface area contributed by atoms with E-state index in [4.69, 9.17) is 4.74 Å². The summed E-state index contributed by atoms with van der Waals surface area (Å²) in [4.78, 5) is 25.1. The summed E-state index contributed by atoms with van der Waals surface area (Å²) in [5.74, 6) is -4.63. The maximum absolute atomic E-state index is 13.4. The van der Waals surface area contributed by atoms with Gasteiger partial charge in [0, 0.05) is 12.6 Å². The number of carbonyl (C=O) groups excluding carboxylic acids is 1. The highest BCUT2D eigenvalue weighted by Crippen LogP contribution is 2.22. The lowest BCUT2D eigenvalue weighted by atomic mass is 9.98. The normalized spacial score (nSPS) is 12.8. The van der Waals surface area contributed by atoms with Gasteiger partial charge in [0.25, 0.3) is 0 Å². The minimum Gasteiger partial charge on any atom is -0.481 e. The number of carboxylic acid groups (broad SMARTS) is 1. The van der Waals surface area contributed by atoms with Crippen LogP contribution in [0.3, 0.4) is 0 Å². The number of halogens is 2. The Kier molecular flexibility index (Phi) is 6.29. The van der Waals surface area contributed by atoms with Gasteiger partial charge in [-0.15, -0.1) is 0 Å². The molecule has 1 aromatic carbocycles. The molecule has 0 aromatic heterocycles. The van der Waals surface area contributed by atoms with Crippen LogP contribution in [0, 0.1) is 11.6 Å². The van der Waals surface area contributed by atoms with Crippen molar-refractivity contribution in [3.05, 3.63) is 35.4 Å². The monoisotopic (exact) mass is 343 g/mol. The average Bonchev–Trinajstić information content (AvgIpc) is 2.40. The van der Waals surface area contributed by atoms with E-state index in [1.54, 1.807) is 34.6 Å². The van der Waals surface area contributed by atoms with Gasteiger partial charge in [0.15, 0.2) is 11.6 Å². The molecule has 0 fully saturated rings. The van der Waals surface area contributed by atoms with E-state index in [1.165, 1.54) is 11.0 Å². The largest absolute Gasteiger partial charge is 0.481 e. The minimum absolute atomic E-state index is 0.0793. The lowest BCUT2D eigenvalue weighted by molar-refractivity contribution is -0.139. The third-order valence-corrected chi connectivity index (χ3v) is 3.27. The van der Waals surface area contributed by atoms with Gasteiger partial charge < -0.3 is 14.7 Å². The van der Waals surface area contributed by atoms with Gasteiger partial charge in [0.2, 0.25) is 0 Å². The number of rotatable bonds is 5. The molecule has 0 bridgehead atoms. The van der Waals surface area contributed by atoms with Crippen molar-refractivity contribution in [1.29, 1.82) is 0 Å². The fraction of sp³-hybridized carbons (Fsp3) is 0.529. The highest BCUT2D eigenvalue weighted by Gasteiger charge is 2.30. The Hall–Kier alpha value is -2.18. The molecule has 0 saturated carbocycles. The molecule has 1 N–H and O–H groups in total. The summed E-state index contributed by atoms with van der Waals surface area (Å²) in [6.07, 6.45) is -0.661. The lowest BCUT2D eigenvalue weighted by Crippen LogP contribution is -2.44. The molecule has 0 spiro atoms. The van der Waals surface area contributed by atoms with Crippen LogP contribution in [0.5, 0.6) is 0 Å². The summed E-state index contributed by atoms with van der Waals surface area (Å²) in [5.41, 5.74) is -0.652. The molecule has 0 aliphatic carbocycles. The number of carboxylic acids is 1. The molecule has 5 nitrogen and oxygen atoms in total. The molecule has 1 rings (SSSR count). The van der Waals surface area contributed by atoms with E-state index in [2.05, 4.69) is 0 Å². The molecule has 1 amide bonds. The van der Waals surface area contributed by atoms with Gasteiger partial charge in [0.1, 0.15) is 5.60 Å². The minimum atomic E-state index is -1.24. The van der Waals surface area contributed by atoms with Gasteiger partial charge in [-0.3, -0.25) is 4.79 Å². The van der Waals surface area contributed by atoms with Crippen LogP contribution < -0.4 is 0 Å². The SMILES string of the molecule is CC(C)N(CC(C(=O)O)c1ccc(F)c(F)c1)C(=O)OC(C)(C)C. The number of carbonyl (C=O) groups is 2. The van der Waals surface area contributed by atoms with Crippen LogP contribution in [0.15, 0.2) is 18.2 Å². The molecular formula is C17H23F2NO4. The van der Waals surface area contributed by atoms with Crippen molar-refractivity contribution in [2.75, 3.05) is 6.54 Å². The van der Waals surface area contributed by atoms with E-state index in [0.717, 1.165) is 12.1 Å². The molecule has 0 radical (unpaired) electrons. The molecular weight excluding hydrogens is 320 g/mol. The van der Waals surface area contributed by atoms with E-state index in [0.29, 0.717) is 0 Å². The van der Waals surface area contributed by atoms with Crippen LogP contribution in [-0.4, -0.2) is 40.3 Å². The Bertz CT molecular complexity index is 611. The summed E-state index contributed by atoms with van der Waals surface area (Å²) >= 11 is 0. The first-order valence-corrected chi connectivity index (χ1v) is 7.59. The standard InChI is InChI=1S/C17H23F2NO4/c1-10(2)20(16(23)24-17(3,4)5)9-12(15(21)22)11-6-7-13(18)14(19)8-11/h6-8,10,12H,9H2,1-5H3,(H,21,22). The number of aliphatic carboxylic acids is 1. The number of ether oxygens (including phenoxy) is 1. The van der Waals surface area contributed by atoms with E-state index >= 15 is 0 Å². The Morgan fingerprint density at radius 3 is 2.21 bits per heavy atom. The number of nitrogens with zero attached hydrogens (tertiary/aromatic N) is 1. The molecule has 1 aromatic rings. The van der Waals surface area contributed by atoms with E-state index < -0.39 is 35.2 Å². The summed E-state index contributed by atoms with van der Waals surface area (Å²) in [6.45, 7) is 8.32. The molecule has 1 atom stereocenters. The van der Waals surface area contributed by atoms with Gasteiger partial charge in [-0.1, -0.05) is 6.07 Å². The molecule has 0 aliphatic heterocycles. The number of amides is 1. The highest BCUT2D eigenvalue weighted by molar-refractivity contribution is 5.78. The summed E-state index contributed by atoms with van der Waals surface area (Å²) < 4.78 is 31.7. The predicted octanol–water partition coefficient (Wildman–Crippen LogP) is 3.78. The summed E-state index contributed by atoms with van der Waals surface area (Å²) in [7, 11) is 0. The zero-order valence-corrected chi connectivity index (χ0v) is 14.5. The number of benzene rings is 1. The number of hydrogen-bond acceptors (Lipinski definition) is 3. The second kappa shape index (κ2) is 7.59. The van der Waals surface area contributed by atoms with Crippen LogP contribution in [-0.2, 0) is 9.53 Å². The summed E-state index contributed by atoms with van der Waals surface area (Å²) in [5, 5.41) is 9.44. The molecule has 7 heteroatoms. The maximum Gasteiger partial charge on any atom is 0.410 e. The summed E-state index contributed by atoms with van der Waals surface area (Å²) in [6, 6.07) is 2.58. The fourth-order valence-electron chi connectivity index (χ4n) is 2.07. The highest BCUT2D eigenvalue weighted by atomic mass is 19.2. The second-order valence-electron chi connectivity index (χ2n) is 6.79. The van der Waals surface area contributed by atoms with Crippen LogP contribution in [0.1, 0.15) is 46.1 Å². The quantitative estimate of drug-likeness (QED) is 0.883. The first-order valence-electron chi connectivity index (χ1n) is 7.59. The first kappa shape index (κ1) is 19.9. The van der Waals surface area contributed by atoms with Crippen molar-refractivity contribution in [1.82, 2.24) is 4.90 Å². The van der Waals surface area contributed by atoms with E-state index in [1.807, 2.05) is 0 Å². The van der Waals surface area contributed by atoms with Gasteiger partial charge in [-0.2, -0.15) is 0 Å². The molecule has 0 heterocycles. The third kappa shape index (κ3) is 5.47. The zero-order chi connectivity index (χ0) is 18.7.